The Morgan fingerprint density at radius 1 is 1.10 bits per heavy atom. The number of anilines is 1. The summed E-state index contributed by atoms with van der Waals surface area (Å²) in [4.78, 5) is 12.5. The molecule has 0 radical (unpaired) electrons. The van der Waals surface area contributed by atoms with E-state index < -0.39 is 0 Å². The molecule has 3 aromatic rings. The third-order valence-electron chi connectivity index (χ3n) is 3.53. The Bertz CT molecular complexity index is 1030. The largest absolute Gasteiger partial charge is 0.481 e. The Hall–Kier alpha value is -3.50. The molecule has 2 aromatic heterocycles. The van der Waals surface area contributed by atoms with Gasteiger partial charge in [0.25, 0.3) is 0 Å². The van der Waals surface area contributed by atoms with Crippen molar-refractivity contribution in [1.82, 2.24) is 20.4 Å². The summed E-state index contributed by atoms with van der Waals surface area (Å²) in [6.45, 7) is 0. The van der Waals surface area contributed by atoms with Crippen molar-refractivity contribution < 1.29 is 14.2 Å². The number of methoxy groups -OCH3 is 2. The van der Waals surface area contributed by atoms with Crippen LogP contribution < -0.4 is 25.0 Å². The van der Waals surface area contributed by atoms with Crippen molar-refractivity contribution in [3.8, 4) is 23.5 Å². The van der Waals surface area contributed by atoms with E-state index >= 15 is 0 Å². The molecule has 11 heteroatoms. The number of aromatic nitrogens is 3. The summed E-state index contributed by atoms with van der Waals surface area (Å²) >= 11 is 11.1. The van der Waals surface area contributed by atoms with Crippen LogP contribution in [-0.4, -0.2) is 40.5 Å². The van der Waals surface area contributed by atoms with Gasteiger partial charge in [0.2, 0.25) is 11.8 Å². The zero-order valence-electron chi connectivity index (χ0n) is 16.0. The van der Waals surface area contributed by atoms with Crippen molar-refractivity contribution in [3.63, 3.8) is 0 Å². The number of ether oxygens (including phenoxy) is 3. The molecule has 30 heavy (non-hydrogen) atoms. The van der Waals surface area contributed by atoms with E-state index in [2.05, 4.69) is 30.8 Å². The van der Waals surface area contributed by atoms with Crippen molar-refractivity contribution in [2.24, 2.45) is 5.10 Å². The number of hydrogen-bond acceptors (Lipinski definition) is 8. The summed E-state index contributed by atoms with van der Waals surface area (Å²) in [6, 6.07) is 12.1. The number of rotatable bonds is 7. The van der Waals surface area contributed by atoms with E-state index in [1.54, 1.807) is 42.6 Å². The van der Waals surface area contributed by atoms with Crippen molar-refractivity contribution in [1.29, 1.82) is 0 Å². The summed E-state index contributed by atoms with van der Waals surface area (Å²) in [7, 11) is 2.97. The quantitative estimate of drug-likeness (QED) is 0.321. The Kier molecular flexibility index (Phi) is 7.30. The van der Waals surface area contributed by atoms with Gasteiger partial charge in [-0.15, -0.1) is 0 Å². The Balaban J connectivity index is 1.67. The van der Waals surface area contributed by atoms with Gasteiger partial charge in [0.05, 0.1) is 26.5 Å². The molecular formula is C19H17ClN6O3S. The first-order valence-corrected chi connectivity index (χ1v) is 9.31. The lowest BCUT2D eigenvalue weighted by atomic mass is 10.3. The average molecular weight is 445 g/mol. The second-order valence-electron chi connectivity index (χ2n) is 5.56. The van der Waals surface area contributed by atoms with Crippen molar-refractivity contribution in [2.75, 3.05) is 19.5 Å². The van der Waals surface area contributed by atoms with Gasteiger partial charge in [-0.05, 0) is 48.6 Å². The highest BCUT2D eigenvalue weighted by Gasteiger charge is 2.10. The van der Waals surface area contributed by atoms with E-state index in [1.165, 1.54) is 26.5 Å². The van der Waals surface area contributed by atoms with Crippen LogP contribution in [0.5, 0.6) is 23.5 Å². The first kappa shape index (κ1) is 21.2. The molecule has 1 aromatic carbocycles. The topological polar surface area (TPSA) is 103 Å². The fourth-order valence-electron chi connectivity index (χ4n) is 2.17. The van der Waals surface area contributed by atoms with E-state index in [9.17, 15) is 0 Å². The van der Waals surface area contributed by atoms with Crippen LogP contribution in [-0.2, 0) is 0 Å². The number of nitrogens with zero attached hydrogens (tertiary/aromatic N) is 4. The first-order chi connectivity index (χ1) is 14.6. The second kappa shape index (κ2) is 10.3. The van der Waals surface area contributed by atoms with Crippen LogP contribution in [0.25, 0.3) is 0 Å². The van der Waals surface area contributed by atoms with Gasteiger partial charge in [0.1, 0.15) is 5.69 Å². The third-order valence-corrected chi connectivity index (χ3v) is 3.98. The lowest BCUT2D eigenvalue weighted by Gasteiger charge is -2.09. The highest BCUT2D eigenvalue weighted by molar-refractivity contribution is 7.80. The van der Waals surface area contributed by atoms with Crippen LogP contribution in [0.3, 0.4) is 0 Å². The number of hydrazone groups is 1. The van der Waals surface area contributed by atoms with Gasteiger partial charge in [0, 0.05) is 16.9 Å². The fraction of sp³-hybridized carbons (Fsp3) is 0.105. The molecule has 9 nitrogen and oxygen atoms in total. The molecule has 0 saturated carbocycles. The fourth-order valence-corrected chi connectivity index (χ4v) is 2.46. The third kappa shape index (κ3) is 6.00. The van der Waals surface area contributed by atoms with Gasteiger partial charge < -0.3 is 19.5 Å². The van der Waals surface area contributed by atoms with Gasteiger partial charge in [-0.3, -0.25) is 10.4 Å². The smallest absolute Gasteiger partial charge is 0.328 e. The Morgan fingerprint density at radius 3 is 2.47 bits per heavy atom. The normalized spacial score (nSPS) is 10.5. The molecule has 0 aliphatic rings. The van der Waals surface area contributed by atoms with Crippen LogP contribution in [0, 0.1) is 0 Å². The molecule has 0 amide bonds. The maximum Gasteiger partial charge on any atom is 0.328 e. The lowest BCUT2D eigenvalue weighted by Crippen LogP contribution is -2.23. The number of hydrogen-bond donors (Lipinski definition) is 2. The predicted molar refractivity (Wildman–Crippen MR) is 118 cm³/mol. The molecule has 0 atom stereocenters. The summed E-state index contributed by atoms with van der Waals surface area (Å²) in [5.74, 6) is 0.988. The zero-order chi connectivity index (χ0) is 21.3. The minimum Gasteiger partial charge on any atom is -0.481 e. The monoisotopic (exact) mass is 444 g/mol. The number of nitrogens with one attached hydrogen (secondary N) is 2. The number of benzene rings is 1. The maximum atomic E-state index is 5.86. The SMILES string of the molecule is COc1cc(OC)nc(Oc2cccnc2/C=N/NC(=S)Nc2ccc(Cl)cc2)n1. The molecule has 3 rings (SSSR count). The van der Waals surface area contributed by atoms with Gasteiger partial charge in [-0.1, -0.05) is 11.6 Å². The molecular weight excluding hydrogens is 428 g/mol. The predicted octanol–water partition coefficient (Wildman–Crippen LogP) is 3.66. The molecule has 0 saturated heterocycles. The van der Waals surface area contributed by atoms with Gasteiger partial charge in [-0.25, -0.2) is 0 Å². The van der Waals surface area contributed by atoms with E-state index in [4.69, 9.17) is 38.0 Å². The lowest BCUT2D eigenvalue weighted by molar-refractivity contribution is 0.347. The Labute approximate surface area is 183 Å². The molecule has 154 valence electrons. The zero-order valence-corrected chi connectivity index (χ0v) is 17.6. The molecule has 0 bridgehead atoms. The van der Waals surface area contributed by atoms with Crippen LogP contribution in [0.15, 0.2) is 53.8 Å². The molecule has 0 spiro atoms. The van der Waals surface area contributed by atoms with Crippen molar-refractivity contribution >= 4 is 40.8 Å². The molecule has 2 N–H and O–H groups in total. The molecule has 2 heterocycles. The minimum absolute atomic E-state index is 0.0433. The summed E-state index contributed by atoms with van der Waals surface area (Å²) in [5.41, 5.74) is 3.92. The van der Waals surface area contributed by atoms with Crippen molar-refractivity contribution in [2.45, 2.75) is 0 Å². The van der Waals surface area contributed by atoms with E-state index in [-0.39, 0.29) is 6.01 Å². The molecule has 0 aliphatic carbocycles. The summed E-state index contributed by atoms with van der Waals surface area (Å²) < 4.78 is 16.0. The van der Waals surface area contributed by atoms with Gasteiger partial charge in [-0.2, -0.15) is 15.1 Å². The standard InChI is InChI=1S/C19H17ClN6O3S/c1-27-16-10-17(28-2)25-18(24-16)29-15-4-3-9-21-14(15)11-22-26-19(30)23-13-7-5-12(20)6-8-13/h3-11H,1-2H3,(H2,23,26,30)/b22-11+. The molecule has 0 unspecified atom stereocenters. The Morgan fingerprint density at radius 2 is 1.80 bits per heavy atom. The van der Waals surface area contributed by atoms with Gasteiger partial charge in [0.15, 0.2) is 10.9 Å². The average Bonchev–Trinajstić information content (AvgIpc) is 2.76. The van der Waals surface area contributed by atoms with Crippen LogP contribution in [0.4, 0.5) is 5.69 Å². The highest BCUT2D eigenvalue weighted by atomic mass is 35.5. The van der Waals surface area contributed by atoms with Crippen molar-refractivity contribution in [3.05, 3.63) is 59.4 Å². The molecule has 0 aliphatic heterocycles. The molecule has 0 fully saturated rings. The second-order valence-corrected chi connectivity index (χ2v) is 6.40. The summed E-state index contributed by atoms with van der Waals surface area (Å²) in [5, 5.41) is 8.01. The minimum atomic E-state index is 0.0433. The van der Waals surface area contributed by atoms with Crippen LogP contribution >= 0.6 is 23.8 Å². The van der Waals surface area contributed by atoms with Crippen LogP contribution in [0.2, 0.25) is 5.02 Å². The number of halogens is 1. The summed E-state index contributed by atoms with van der Waals surface area (Å²) in [6.07, 6.45) is 3.06. The van der Waals surface area contributed by atoms with E-state index in [0.29, 0.717) is 33.3 Å². The highest BCUT2D eigenvalue weighted by Crippen LogP contribution is 2.24. The van der Waals surface area contributed by atoms with E-state index in [0.717, 1.165) is 5.69 Å². The van der Waals surface area contributed by atoms with E-state index in [1.807, 2.05) is 0 Å². The van der Waals surface area contributed by atoms with Crippen LogP contribution in [0.1, 0.15) is 5.69 Å². The number of thiocarbonyl (C=S) groups is 1. The maximum absolute atomic E-state index is 5.86. The number of pyridine rings is 1. The van der Waals surface area contributed by atoms with Gasteiger partial charge >= 0.3 is 6.01 Å². The first-order valence-electron chi connectivity index (χ1n) is 8.53.